The molecule has 0 aromatic heterocycles. The van der Waals surface area contributed by atoms with Gasteiger partial charge in [-0.15, -0.1) is 0 Å². The lowest BCUT2D eigenvalue weighted by atomic mass is 10.0. The lowest BCUT2D eigenvalue weighted by molar-refractivity contribution is -0.114. The Bertz CT molecular complexity index is 1160. The zero-order valence-electron chi connectivity index (χ0n) is 15.3. The Morgan fingerprint density at radius 3 is 2.17 bits per heavy atom. The Kier molecular flexibility index (Phi) is 6.00. The molecule has 0 heterocycles. The van der Waals surface area contributed by atoms with Gasteiger partial charge in [0.05, 0.1) is 10.6 Å². The van der Waals surface area contributed by atoms with E-state index in [1.165, 1.54) is 49.4 Å². The van der Waals surface area contributed by atoms with Crippen molar-refractivity contribution in [1.29, 1.82) is 0 Å². The van der Waals surface area contributed by atoms with E-state index < -0.39 is 10.0 Å². The summed E-state index contributed by atoms with van der Waals surface area (Å²) in [6.45, 7) is 1.36. The molecule has 0 aliphatic rings. The number of carbonyl (C=O) groups excluding carboxylic acids is 2. The molecule has 0 fully saturated rings. The molecule has 29 heavy (non-hydrogen) atoms. The minimum absolute atomic E-state index is 0.0142. The fourth-order valence-electron chi connectivity index (χ4n) is 2.66. The molecule has 0 saturated heterocycles. The van der Waals surface area contributed by atoms with Crippen LogP contribution in [-0.4, -0.2) is 20.1 Å². The minimum Gasteiger partial charge on any atom is -0.326 e. The van der Waals surface area contributed by atoms with Crippen molar-refractivity contribution < 1.29 is 18.0 Å². The van der Waals surface area contributed by atoms with E-state index in [1.807, 2.05) is 0 Å². The highest BCUT2D eigenvalue weighted by molar-refractivity contribution is 7.92. The molecule has 6 nitrogen and oxygen atoms in total. The van der Waals surface area contributed by atoms with Gasteiger partial charge >= 0.3 is 0 Å². The summed E-state index contributed by atoms with van der Waals surface area (Å²) in [5, 5.41) is 2.88. The van der Waals surface area contributed by atoms with Crippen LogP contribution in [0.15, 0.2) is 77.7 Å². The lowest BCUT2D eigenvalue weighted by Crippen LogP contribution is -2.16. The third-order valence-corrected chi connectivity index (χ3v) is 5.61. The first-order chi connectivity index (χ1) is 13.8. The van der Waals surface area contributed by atoms with Crippen LogP contribution in [0.4, 0.5) is 11.4 Å². The van der Waals surface area contributed by atoms with Crippen molar-refractivity contribution >= 4 is 44.7 Å². The standard InChI is InChI=1S/C21H17ClN2O4S/c1-14(25)23-17-8-10-18(11-9-17)29(27,28)24-20-12-7-16(22)13-19(20)21(26)15-5-3-2-4-6-15/h2-13,24H,1H3,(H,23,25). The van der Waals surface area contributed by atoms with E-state index in [4.69, 9.17) is 11.6 Å². The number of sulfonamides is 1. The highest BCUT2D eigenvalue weighted by Gasteiger charge is 2.20. The normalized spacial score (nSPS) is 11.0. The van der Waals surface area contributed by atoms with Crippen LogP contribution in [0.5, 0.6) is 0 Å². The van der Waals surface area contributed by atoms with Gasteiger partial charge in [0.25, 0.3) is 10.0 Å². The third-order valence-electron chi connectivity index (χ3n) is 3.99. The van der Waals surface area contributed by atoms with Gasteiger partial charge < -0.3 is 5.32 Å². The molecular weight excluding hydrogens is 412 g/mol. The van der Waals surface area contributed by atoms with Gasteiger partial charge in [-0.25, -0.2) is 8.42 Å². The zero-order valence-corrected chi connectivity index (χ0v) is 16.9. The average molecular weight is 429 g/mol. The van der Waals surface area contributed by atoms with Gasteiger partial charge in [0.15, 0.2) is 5.78 Å². The number of anilines is 2. The molecule has 0 saturated carbocycles. The molecule has 0 aliphatic carbocycles. The summed E-state index contributed by atoms with van der Waals surface area (Å²) >= 11 is 6.03. The molecule has 0 radical (unpaired) electrons. The zero-order chi connectivity index (χ0) is 21.0. The number of hydrogen-bond donors (Lipinski definition) is 2. The second-order valence-corrected chi connectivity index (χ2v) is 8.31. The van der Waals surface area contributed by atoms with Crippen LogP contribution in [0.2, 0.25) is 5.02 Å². The number of halogens is 1. The predicted molar refractivity (Wildman–Crippen MR) is 113 cm³/mol. The van der Waals surface area contributed by atoms with Crippen molar-refractivity contribution in [1.82, 2.24) is 0 Å². The lowest BCUT2D eigenvalue weighted by Gasteiger charge is -2.13. The van der Waals surface area contributed by atoms with Gasteiger partial charge in [-0.2, -0.15) is 0 Å². The Hall–Kier alpha value is -3.16. The number of benzene rings is 3. The highest BCUT2D eigenvalue weighted by Crippen LogP contribution is 2.26. The summed E-state index contributed by atoms with van der Waals surface area (Å²) in [4.78, 5) is 23.9. The van der Waals surface area contributed by atoms with E-state index in [-0.39, 0.29) is 27.8 Å². The molecule has 0 atom stereocenters. The third kappa shape index (κ3) is 5.01. The molecule has 3 aromatic carbocycles. The van der Waals surface area contributed by atoms with Crippen LogP contribution in [-0.2, 0) is 14.8 Å². The summed E-state index contributed by atoms with van der Waals surface area (Å²) in [7, 11) is -3.97. The van der Waals surface area contributed by atoms with Gasteiger partial charge in [-0.05, 0) is 42.5 Å². The molecule has 8 heteroatoms. The van der Waals surface area contributed by atoms with Crippen LogP contribution < -0.4 is 10.0 Å². The van der Waals surface area contributed by atoms with Crippen LogP contribution in [0, 0.1) is 0 Å². The Morgan fingerprint density at radius 2 is 1.55 bits per heavy atom. The Labute approximate surface area is 173 Å². The smallest absolute Gasteiger partial charge is 0.261 e. The SMILES string of the molecule is CC(=O)Nc1ccc(S(=O)(=O)Nc2ccc(Cl)cc2C(=O)c2ccccc2)cc1. The first-order valence-electron chi connectivity index (χ1n) is 8.56. The number of rotatable bonds is 6. The van der Waals surface area contributed by atoms with Crippen molar-refractivity contribution in [2.24, 2.45) is 0 Å². The molecule has 0 aliphatic heterocycles. The van der Waals surface area contributed by atoms with Gasteiger partial charge in [0.1, 0.15) is 0 Å². The average Bonchev–Trinajstić information content (AvgIpc) is 2.69. The molecule has 3 rings (SSSR count). The second-order valence-electron chi connectivity index (χ2n) is 6.20. The van der Waals surface area contributed by atoms with Crippen molar-refractivity contribution in [3.05, 3.63) is 88.9 Å². The van der Waals surface area contributed by atoms with E-state index in [0.29, 0.717) is 16.3 Å². The number of ketones is 1. The molecule has 1 amide bonds. The minimum atomic E-state index is -3.97. The molecule has 3 aromatic rings. The van der Waals surface area contributed by atoms with Gasteiger partial charge in [0.2, 0.25) is 5.91 Å². The highest BCUT2D eigenvalue weighted by atomic mass is 35.5. The van der Waals surface area contributed by atoms with Crippen LogP contribution in [0.1, 0.15) is 22.8 Å². The van der Waals surface area contributed by atoms with Crippen molar-refractivity contribution in [3.63, 3.8) is 0 Å². The Morgan fingerprint density at radius 1 is 0.897 bits per heavy atom. The largest absolute Gasteiger partial charge is 0.326 e. The predicted octanol–water partition coefficient (Wildman–Crippen LogP) is 4.33. The fraction of sp³-hybridized carbons (Fsp3) is 0.0476. The summed E-state index contributed by atoms with van der Waals surface area (Å²) in [6, 6.07) is 18.6. The number of carbonyl (C=O) groups is 2. The maximum absolute atomic E-state index is 12.9. The summed E-state index contributed by atoms with van der Waals surface area (Å²) in [6.07, 6.45) is 0. The number of amides is 1. The quantitative estimate of drug-likeness (QED) is 0.571. The van der Waals surface area contributed by atoms with E-state index in [0.717, 1.165) is 0 Å². The van der Waals surface area contributed by atoms with E-state index in [1.54, 1.807) is 30.3 Å². The Balaban J connectivity index is 1.93. The molecule has 0 bridgehead atoms. The second kappa shape index (κ2) is 8.46. The molecule has 2 N–H and O–H groups in total. The number of nitrogens with one attached hydrogen (secondary N) is 2. The van der Waals surface area contributed by atoms with E-state index in [2.05, 4.69) is 10.0 Å². The van der Waals surface area contributed by atoms with Gasteiger partial charge in [-0.1, -0.05) is 41.9 Å². The summed E-state index contributed by atoms with van der Waals surface area (Å²) in [5.74, 6) is -0.615. The maximum atomic E-state index is 12.9. The first kappa shape index (κ1) is 20.6. The first-order valence-corrected chi connectivity index (χ1v) is 10.4. The molecule has 0 unspecified atom stereocenters. The van der Waals surface area contributed by atoms with Gasteiger partial charge in [-0.3, -0.25) is 14.3 Å². The summed E-state index contributed by atoms with van der Waals surface area (Å²) in [5.41, 5.74) is 1.15. The van der Waals surface area contributed by atoms with Crippen LogP contribution in [0.3, 0.4) is 0 Å². The van der Waals surface area contributed by atoms with E-state index >= 15 is 0 Å². The summed E-state index contributed by atoms with van der Waals surface area (Å²) < 4.78 is 28.0. The van der Waals surface area contributed by atoms with E-state index in [9.17, 15) is 18.0 Å². The monoisotopic (exact) mass is 428 g/mol. The van der Waals surface area contributed by atoms with Crippen molar-refractivity contribution in [2.75, 3.05) is 10.0 Å². The molecule has 148 valence electrons. The topological polar surface area (TPSA) is 92.3 Å². The van der Waals surface area contributed by atoms with Crippen molar-refractivity contribution in [2.45, 2.75) is 11.8 Å². The van der Waals surface area contributed by atoms with Crippen LogP contribution >= 0.6 is 11.6 Å². The fourth-order valence-corrected chi connectivity index (χ4v) is 3.91. The molecular formula is C21H17ClN2O4S. The molecule has 0 spiro atoms. The van der Waals surface area contributed by atoms with Gasteiger partial charge in [0, 0.05) is 28.8 Å². The van der Waals surface area contributed by atoms with Crippen LogP contribution in [0.25, 0.3) is 0 Å². The number of hydrogen-bond acceptors (Lipinski definition) is 4. The maximum Gasteiger partial charge on any atom is 0.261 e. The van der Waals surface area contributed by atoms with Crippen molar-refractivity contribution in [3.8, 4) is 0 Å².